The van der Waals surface area contributed by atoms with E-state index in [2.05, 4.69) is 18.8 Å². The molecule has 1 aromatic rings. The van der Waals surface area contributed by atoms with Crippen molar-refractivity contribution in [2.45, 2.75) is 26.2 Å². The molecule has 0 amide bonds. The average Bonchev–Trinajstić information content (AvgIpc) is 2.27. The first kappa shape index (κ1) is 9.31. The van der Waals surface area contributed by atoms with Crippen LogP contribution in [0.2, 0.25) is 0 Å². The Hall–Kier alpha value is -1.25. The zero-order valence-corrected chi connectivity index (χ0v) is 8.62. The Kier molecular flexibility index (Phi) is 2.57. The number of ether oxygens (including phenoxy) is 2. The van der Waals surface area contributed by atoms with Crippen LogP contribution in [0, 0.1) is 0 Å². The van der Waals surface area contributed by atoms with Gasteiger partial charge < -0.3 is 9.47 Å². The lowest BCUT2D eigenvalue weighted by atomic mass is 9.99. The van der Waals surface area contributed by atoms with Crippen LogP contribution in [0.1, 0.15) is 31.7 Å². The lowest BCUT2D eigenvalue weighted by Gasteiger charge is -2.21. The van der Waals surface area contributed by atoms with Gasteiger partial charge >= 0.3 is 0 Å². The first-order valence-electron chi connectivity index (χ1n) is 5.07. The monoisotopic (exact) mass is 193 g/mol. The largest absolute Gasteiger partial charge is 0.484 e. The molecule has 0 bridgehead atoms. The Bertz CT molecular complexity index is 325. The van der Waals surface area contributed by atoms with E-state index in [1.807, 2.05) is 6.07 Å². The maximum atomic E-state index is 5.59. The molecule has 1 aromatic heterocycles. The number of pyridine rings is 1. The van der Waals surface area contributed by atoms with E-state index >= 15 is 0 Å². The fourth-order valence-electron chi connectivity index (χ4n) is 1.58. The van der Waals surface area contributed by atoms with Gasteiger partial charge in [-0.05, 0) is 18.4 Å². The minimum Gasteiger partial charge on any atom is -0.484 e. The second-order valence-electron chi connectivity index (χ2n) is 3.54. The number of hydrogen-bond donors (Lipinski definition) is 0. The predicted octanol–water partition coefficient (Wildman–Crippen LogP) is 2.37. The van der Waals surface area contributed by atoms with Crippen molar-refractivity contribution >= 4 is 0 Å². The van der Waals surface area contributed by atoms with Crippen LogP contribution in [-0.2, 0) is 0 Å². The molecule has 1 unspecified atom stereocenters. The molecule has 0 radical (unpaired) electrons. The van der Waals surface area contributed by atoms with Gasteiger partial charge in [0.05, 0.1) is 0 Å². The number of rotatable bonds is 2. The highest BCUT2D eigenvalue weighted by atomic mass is 16.6. The molecular formula is C11H15NO2. The summed E-state index contributed by atoms with van der Waals surface area (Å²) in [5.41, 5.74) is 1.21. The zero-order chi connectivity index (χ0) is 9.97. The van der Waals surface area contributed by atoms with Crippen molar-refractivity contribution in [2.75, 3.05) is 13.2 Å². The van der Waals surface area contributed by atoms with Gasteiger partial charge in [-0.1, -0.05) is 13.8 Å². The lowest BCUT2D eigenvalue weighted by molar-refractivity contribution is 0.162. The molecule has 2 rings (SSSR count). The summed E-state index contributed by atoms with van der Waals surface area (Å²) in [5.74, 6) is 1.98. The van der Waals surface area contributed by atoms with E-state index in [-0.39, 0.29) is 0 Å². The third-order valence-electron chi connectivity index (χ3n) is 2.61. The lowest BCUT2D eigenvalue weighted by Crippen LogP contribution is -2.18. The molecule has 0 fully saturated rings. The molecule has 0 spiro atoms. The van der Waals surface area contributed by atoms with Crippen molar-refractivity contribution in [1.29, 1.82) is 0 Å². The van der Waals surface area contributed by atoms with Crippen LogP contribution in [0.3, 0.4) is 0 Å². The van der Waals surface area contributed by atoms with Gasteiger partial charge in [0.1, 0.15) is 13.2 Å². The Labute approximate surface area is 84.1 Å². The van der Waals surface area contributed by atoms with Gasteiger partial charge in [0.2, 0.25) is 0 Å². The zero-order valence-electron chi connectivity index (χ0n) is 8.62. The number of nitrogens with zero attached hydrogens (tertiary/aromatic N) is 1. The summed E-state index contributed by atoms with van der Waals surface area (Å²) in [6, 6.07) is 2.02. The van der Waals surface area contributed by atoms with Crippen LogP contribution in [-0.4, -0.2) is 18.2 Å². The van der Waals surface area contributed by atoms with Gasteiger partial charge in [-0.3, -0.25) is 0 Å². The fraction of sp³-hybridized carbons (Fsp3) is 0.545. The van der Waals surface area contributed by atoms with Crippen molar-refractivity contribution in [3.8, 4) is 11.6 Å². The van der Waals surface area contributed by atoms with E-state index in [9.17, 15) is 0 Å². The van der Waals surface area contributed by atoms with Crippen molar-refractivity contribution in [2.24, 2.45) is 0 Å². The summed E-state index contributed by atoms with van der Waals surface area (Å²) >= 11 is 0. The average molecular weight is 193 g/mol. The smallest absolute Gasteiger partial charge is 0.257 e. The van der Waals surface area contributed by atoms with Gasteiger partial charge in [0, 0.05) is 11.8 Å². The molecule has 3 nitrogen and oxygen atoms in total. The summed E-state index contributed by atoms with van der Waals surface area (Å²) in [7, 11) is 0. The Morgan fingerprint density at radius 3 is 3.00 bits per heavy atom. The second kappa shape index (κ2) is 3.86. The van der Waals surface area contributed by atoms with Crippen molar-refractivity contribution in [1.82, 2.24) is 4.98 Å². The first-order valence-corrected chi connectivity index (χ1v) is 5.07. The summed E-state index contributed by atoms with van der Waals surface area (Å²) in [4.78, 5) is 4.15. The van der Waals surface area contributed by atoms with Gasteiger partial charge in [-0.2, -0.15) is 0 Å². The highest BCUT2D eigenvalue weighted by Crippen LogP contribution is 2.36. The van der Waals surface area contributed by atoms with Gasteiger partial charge in [0.15, 0.2) is 5.75 Å². The summed E-state index contributed by atoms with van der Waals surface area (Å²) < 4.78 is 11.0. The van der Waals surface area contributed by atoms with E-state index in [0.29, 0.717) is 25.0 Å². The van der Waals surface area contributed by atoms with Crippen LogP contribution in [0.15, 0.2) is 12.3 Å². The first-order chi connectivity index (χ1) is 6.83. The van der Waals surface area contributed by atoms with Gasteiger partial charge in [-0.15, -0.1) is 0 Å². The molecule has 2 heterocycles. The molecule has 1 aliphatic heterocycles. The van der Waals surface area contributed by atoms with Gasteiger partial charge in [-0.25, -0.2) is 4.98 Å². The highest BCUT2D eigenvalue weighted by Gasteiger charge is 2.19. The molecule has 1 atom stereocenters. The number of hydrogen-bond acceptors (Lipinski definition) is 3. The fourth-order valence-corrected chi connectivity index (χ4v) is 1.58. The number of fused-ring (bicyclic) bond motifs is 1. The highest BCUT2D eigenvalue weighted by molar-refractivity contribution is 5.44. The molecule has 0 saturated carbocycles. The molecular weight excluding hydrogens is 178 g/mol. The minimum atomic E-state index is 0.494. The van der Waals surface area contributed by atoms with Gasteiger partial charge in [0.25, 0.3) is 5.88 Å². The topological polar surface area (TPSA) is 31.4 Å². The van der Waals surface area contributed by atoms with Crippen LogP contribution >= 0.6 is 0 Å². The SMILES string of the molecule is CCC(C)c1ccnc2c1OCCO2. The molecule has 0 aliphatic carbocycles. The van der Waals surface area contributed by atoms with Crippen molar-refractivity contribution in [3.63, 3.8) is 0 Å². The molecule has 3 heteroatoms. The standard InChI is InChI=1S/C11H15NO2/c1-3-8(2)9-4-5-12-11-10(9)13-6-7-14-11/h4-5,8H,3,6-7H2,1-2H3. The van der Waals surface area contributed by atoms with E-state index in [0.717, 1.165) is 12.2 Å². The summed E-state index contributed by atoms with van der Waals surface area (Å²) in [6.07, 6.45) is 2.88. The molecule has 0 N–H and O–H groups in total. The van der Waals surface area contributed by atoms with E-state index in [1.54, 1.807) is 6.20 Å². The maximum absolute atomic E-state index is 5.59. The van der Waals surface area contributed by atoms with Crippen LogP contribution < -0.4 is 9.47 Å². The quantitative estimate of drug-likeness (QED) is 0.722. The van der Waals surface area contributed by atoms with E-state index in [4.69, 9.17) is 9.47 Å². The van der Waals surface area contributed by atoms with Crippen LogP contribution in [0.5, 0.6) is 11.6 Å². The molecule has 14 heavy (non-hydrogen) atoms. The predicted molar refractivity (Wildman–Crippen MR) is 53.9 cm³/mol. The third-order valence-corrected chi connectivity index (χ3v) is 2.61. The van der Waals surface area contributed by atoms with Crippen molar-refractivity contribution < 1.29 is 9.47 Å². The number of aromatic nitrogens is 1. The Morgan fingerprint density at radius 2 is 2.21 bits per heavy atom. The molecule has 0 saturated heterocycles. The summed E-state index contributed by atoms with van der Waals surface area (Å²) in [6.45, 7) is 5.58. The van der Waals surface area contributed by atoms with Crippen LogP contribution in [0.25, 0.3) is 0 Å². The Balaban J connectivity index is 2.39. The second-order valence-corrected chi connectivity index (χ2v) is 3.54. The minimum absolute atomic E-state index is 0.494. The van der Waals surface area contributed by atoms with E-state index in [1.165, 1.54) is 5.56 Å². The normalized spacial score (nSPS) is 16.4. The summed E-state index contributed by atoms with van der Waals surface area (Å²) in [5, 5.41) is 0. The third kappa shape index (κ3) is 1.54. The van der Waals surface area contributed by atoms with Crippen LogP contribution in [0.4, 0.5) is 0 Å². The Morgan fingerprint density at radius 1 is 1.43 bits per heavy atom. The maximum Gasteiger partial charge on any atom is 0.257 e. The molecule has 1 aliphatic rings. The molecule has 0 aromatic carbocycles. The molecule has 76 valence electrons. The van der Waals surface area contributed by atoms with Crippen molar-refractivity contribution in [3.05, 3.63) is 17.8 Å². The van der Waals surface area contributed by atoms with E-state index < -0.39 is 0 Å².